The molecule has 2 aromatic carbocycles. The molecule has 27 heavy (non-hydrogen) atoms. The summed E-state index contributed by atoms with van der Waals surface area (Å²) in [5.74, 6) is 0.929. The highest BCUT2D eigenvalue weighted by Crippen LogP contribution is 2.23. The standard InChI is InChI=1S/C22H29ClN2O2/c1-17-13-19(5-8-22(17)27-2)15-25-11-10-24(16-21(25)9-12-26)14-18-3-6-20(23)7-4-18/h3-8,13,21,26H,9-12,14-16H2,1-2H3/t21-/m0/s1. The zero-order chi connectivity index (χ0) is 19.2. The number of methoxy groups -OCH3 is 1. The lowest BCUT2D eigenvalue weighted by Gasteiger charge is -2.41. The second kappa shape index (κ2) is 9.56. The molecular formula is C22H29ClN2O2. The Morgan fingerprint density at radius 1 is 1.07 bits per heavy atom. The van der Waals surface area contributed by atoms with Gasteiger partial charge in [-0.3, -0.25) is 9.80 Å². The van der Waals surface area contributed by atoms with Gasteiger partial charge in [-0.05, 0) is 48.2 Å². The number of hydrogen-bond donors (Lipinski definition) is 1. The van der Waals surface area contributed by atoms with E-state index in [0.29, 0.717) is 6.04 Å². The Hall–Kier alpha value is -1.59. The SMILES string of the molecule is COc1ccc(CN2CCN(Cc3ccc(Cl)cc3)C[C@@H]2CCO)cc1C. The first-order valence-electron chi connectivity index (χ1n) is 9.54. The third-order valence-corrected chi connectivity index (χ3v) is 5.57. The fourth-order valence-electron chi connectivity index (χ4n) is 3.85. The van der Waals surface area contributed by atoms with E-state index < -0.39 is 0 Å². The van der Waals surface area contributed by atoms with Crippen LogP contribution < -0.4 is 4.74 Å². The molecule has 0 saturated carbocycles. The molecule has 0 aromatic heterocycles. The number of aliphatic hydroxyl groups excluding tert-OH is 1. The molecule has 2 aromatic rings. The van der Waals surface area contributed by atoms with Crippen LogP contribution in [0.2, 0.25) is 5.02 Å². The number of nitrogens with zero attached hydrogens (tertiary/aromatic N) is 2. The van der Waals surface area contributed by atoms with E-state index in [1.165, 1.54) is 11.1 Å². The lowest BCUT2D eigenvalue weighted by atomic mass is 10.0. The first-order valence-corrected chi connectivity index (χ1v) is 9.92. The molecule has 1 saturated heterocycles. The van der Waals surface area contributed by atoms with Crippen molar-refractivity contribution < 1.29 is 9.84 Å². The number of hydrogen-bond acceptors (Lipinski definition) is 4. The van der Waals surface area contributed by atoms with Crippen molar-refractivity contribution in [2.45, 2.75) is 32.5 Å². The Labute approximate surface area is 167 Å². The second-order valence-electron chi connectivity index (χ2n) is 7.30. The highest BCUT2D eigenvalue weighted by Gasteiger charge is 2.26. The Morgan fingerprint density at radius 3 is 2.48 bits per heavy atom. The van der Waals surface area contributed by atoms with Gasteiger partial charge in [0.05, 0.1) is 7.11 Å². The summed E-state index contributed by atoms with van der Waals surface area (Å²) in [6.07, 6.45) is 0.798. The predicted octanol–water partition coefficient (Wildman–Crippen LogP) is 3.73. The molecule has 4 nitrogen and oxygen atoms in total. The van der Waals surface area contributed by atoms with E-state index >= 15 is 0 Å². The van der Waals surface area contributed by atoms with Gasteiger partial charge in [-0.15, -0.1) is 0 Å². The van der Waals surface area contributed by atoms with Gasteiger partial charge in [-0.25, -0.2) is 0 Å². The van der Waals surface area contributed by atoms with Crippen molar-refractivity contribution in [1.29, 1.82) is 0 Å². The summed E-state index contributed by atoms with van der Waals surface area (Å²) in [6.45, 7) is 7.13. The van der Waals surface area contributed by atoms with Gasteiger partial charge in [-0.1, -0.05) is 35.9 Å². The minimum atomic E-state index is 0.220. The third-order valence-electron chi connectivity index (χ3n) is 5.32. The van der Waals surface area contributed by atoms with Crippen LogP contribution in [-0.2, 0) is 13.1 Å². The molecule has 1 aliphatic rings. The first-order chi connectivity index (χ1) is 13.1. The summed E-state index contributed by atoms with van der Waals surface area (Å²) < 4.78 is 5.37. The third kappa shape index (κ3) is 5.45. The highest BCUT2D eigenvalue weighted by molar-refractivity contribution is 6.30. The fourth-order valence-corrected chi connectivity index (χ4v) is 3.98. The summed E-state index contributed by atoms with van der Waals surface area (Å²) in [5, 5.41) is 10.3. The van der Waals surface area contributed by atoms with Crippen LogP contribution in [0.25, 0.3) is 0 Å². The number of rotatable bonds is 7. The monoisotopic (exact) mass is 388 g/mol. The van der Waals surface area contributed by atoms with Crippen molar-refractivity contribution in [3.63, 3.8) is 0 Å². The summed E-state index contributed by atoms with van der Waals surface area (Å²) >= 11 is 5.99. The molecule has 0 radical (unpaired) electrons. The molecule has 0 aliphatic carbocycles. The van der Waals surface area contributed by atoms with Crippen LogP contribution in [0.3, 0.4) is 0 Å². The maximum Gasteiger partial charge on any atom is 0.121 e. The van der Waals surface area contributed by atoms with Crippen LogP contribution >= 0.6 is 11.6 Å². The Kier molecular flexibility index (Phi) is 7.13. The van der Waals surface area contributed by atoms with Crippen molar-refractivity contribution in [1.82, 2.24) is 9.80 Å². The summed E-state index contributed by atoms with van der Waals surface area (Å²) in [7, 11) is 1.71. The molecule has 0 bridgehead atoms. The molecule has 5 heteroatoms. The van der Waals surface area contributed by atoms with Crippen molar-refractivity contribution in [2.75, 3.05) is 33.4 Å². The quantitative estimate of drug-likeness (QED) is 0.784. The lowest BCUT2D eigenvalue weighted by Crippen LogP contribution is -2.52. The second-order valence-corrected chi connectivity index (χ2v) is 7.74. The van der Waals surface area contributed by atoms with Crippen molar-refractivity contribution in [3.8, 4) is 5.75 Å². The molecule has 1 N–H and O–H groups in total. The normalized spacial score (nSPS) is 18.6. The van der Waals surface area contributed by atoms with Crippen LogP contribution in [0.5, 0.6) is 5.75 Å². The smallest absolute Gasteiger partial charge is 0.121 e. The van der Waals surface area contributed by atoms with E-state index in [1.54, 1.807) is 7.11 Å². The van der Waals surface area contributed by atoms with Gasteiger partial charge in [-0.2, -0.15) is 0 Å². The maximum atomic E-state index is 9.54. The van der Waals surface area contributed by atoms with Crippen molar-refractivity contribution in [3.05, 3.63) is 64.2 Å². The van der Waals surface area contributed by atoms with Crippen LogP contribution in [0.15, 0.2) is 42.5 Å². The molecule has 0 spiro atoms. The molecule has 1 aliphatic heterocycles. The van der Waals surface area contributed by atoms with Gasteiger partial charge in [0, 0.05) is 50.4 Å². The van der Waals surface area contributed by atoms with Gasteiger partial charge in [0.2, 0.25) is 0 Å². The van der Waals surface area contributed by atoms with E-state index in [9.17, 15) is 5.11 Å². The number of aliphatic hydroxyl groups is 1. The number of piperazine rings is 1. The number of halogens is 1. The van der Waals surface area contributed by atoms with E-state index in [0.717, 1.165) is 55.5 Å². The van der Waals surface area contributed by atoms with E-state index in [-0.39, 0.29) is 6.61 Å². The van der Waals surface area contributed by atoms with Crippen LogP contribution in [-0.4, -0.2) is 54.3 Å². The summed E-state index contributed by atoms with van der Waals surface area (Å²) in [5.41, 5.74) is 3.74. The van der Waals surface area contributed by atoms with Crippen molar-refractivity contribution >= 4 is 11.6 Å². The fraction of sp³-hybridized carbons (Fsp3) is 0.455. The topological polar surface area (TPSA) is 35.9 Å². The summed E-state index contributed by atoms with van der Waals surface area (Å²) in [4.78, 5) is 4.97. The first kappa shape index (κ1) is 20.2. The Balaban J connectivity index is 1.63. The average Bonchev–Trinajstić information content (AvgIpc) is 2.66. The van der Waals surface area contributed by atoms with Gasteiger partial charge in [0.15, 0.2) is 0 Å². The van der Waals surface area contributed by atoms with Gasteiger partial charge < -0.3 is 9.84 Å². The Morgan fingerprint density at radius 2 is 1.81 bits per heavy atom. The predicted molar refractivity (Wildman–Crippen MR) is 110 cm³/mol. The molecular weight excluding hydrogens is 360 g/mol. The molecule has 146 valence electrons. The highest BCUT2D eigenvalue weighted by atomic mass is 35.5. The minimum absolute atomic E-state index is 0.220. The lowest BCUT2D eigenvalue weighted by molar-refractivity contribution is 0.0499. The van der Waals surface area contributed by atoms with E-state index in [4.69, 9.17) is 16.3 Å². The molecule has 3 rings (SSSR count). The molecule has 1 fully saturated rings. The summed E-state index contributed by atoms with van der Waals surface area (Å²) in [6, 6.07) is 14.8. The van der Waals surface area contributed by atoms with Gasteiger partial charge in [0.1, 0.15) is 5.75 Å². The maximum absolute atomic E-state index is 9.54. The minimum Gasteiger partial charge on any atom is -0.496 e. The number of aryl methyl sites for hydroxylation is 1. The largest absolute Gasteiger partial charge is 0.496 e. The van der Waals surface area contributed by atoms with Crippen LogP contribution in [0.1, 0.15) is 23.1 Å². The molecule has 1 atom stereocenters. The van der Waals surface area contributed by atoms with E-state index in [1.807, 2.05) is 18.2 Å². The molecule has 0 unspecified atom stereocenters. The number of ether oxygens (including phenoxy) is 1. The Bertz CT molecular complexity index is 736. The van der Waals surface area contributed by atoms with E-state index in [2.05, 4.69) is 41.0 Å². The number of benzene rings is 2. The zero-order valence-corrected chi connectivity index (χ0v) is 17.0. The van der Waals surface area contributed by atoms with Gasteiger partial charge >= 0.3 is 0 Å². The van der Waals surface area contributed by atoms with Crippen LogP contribution in [0, 0.1) is 6.92 Å². The molecule has 0 amide bonds. The van der Waals surface area contributed by atoms with Gasteiger partial charge in [0.25, 0.3) is 0 Å². The van der Waals surface area contributed by atoms with Crippen LogP contribution in [0.4, 0.5) is 0 Å². The average molecular weight is 389 g/mol. The zero-order valence-electron chi connectivity index (χ0n) is 16.2. The molecule has 1 heterocycles. The van der Waals surface area contributed by atoms with Crippen molar-refractivity contribution in [2.24, 2.45) is 0 Å².